The van der Waals surface area contributed by atoms with E-state index in [0.717, 1.165) is 58.5 Å². The molecular weight excluding hydrogens is 380 g/mol. The van der Waals surface area contributed by atoms with E-state index in [1.54, 1.807) is 11.3 Å². The molecule has 1 N–H and O–H groups in total. The molecule has 1 amide bonds. The number of nitrogens with one attached hydrogen (secondary N) is 1. The number of thiazole rings is 1. The Labute approximate surface area is 178 Å². The zero-order valence-electron chi connectivity index (χ0n) is 17.1. The molecule has 0 aliphatic carbocycles. The van der Waals surface area contributed by atoms with Crippen molar-refractivity contribution in [1.29, 1.82) is 0 Å². The number of nitrogens with zero attached hydrogens (tertiary/aromatic N) is 3. The maximum Gasteiger partial charge on any atom is 0.224 e. The van der Waals surface area contributed by atoms with Gasteiger partial charge in [0.15, 0.2) is 0 Å². The average Bonchev–Trinajstić information content (AvgIpc) is 3.28. The molecular formula is C23H32N4OS. The van der Waals surface area contributed by atoms with E-state index in [-0.39, 0.29) is 11.8 Å². The van der Waals surface area contributed by atoms with Crippen molar-refractivity contribution >= 4 is 17.2 Å². The predicted octanol–water partition coefficient (Wildman–Crippen LogP) is 3.18. The molecule has 1 unspecified atom stereocenters. The van der Waals surface area contributed by atoms with Gasteiger partial charge in [-0.05, 0) is 44.2 Å². The molecule has 6 heteroatoms. The van der Waals surface area contributed by atoms with Crippen molar-refractivity contribution in [2.45, 2.75) is 44.7 Å². The normalized spacial score (nSPS) is 21.9. The summed E-state index contributed by atoms with van der Waals surface area (Å²) in [6, 6.07) is 11.0. The molecule has 29 heavy (non-hydrogen) atoms. The summed E-state index contributed by atoms with van der Waals surface area (Å²) in [5, 5.41) is 6.45. The summed E-state index contributed by atoms with van der Waals surface area (Å²) in [7, 11) is 0. The summed E-state index contributed by atoms with van der Waals surface area (Å²) in [6.07, 6.45) is 7.36. The highest BCUT2D eigenvalue weighted by molar-refractivity contribution is 7.09. The molecule has 5 nitrogen and oxygen atoms in total. The molecule has 1 aromatic carbocycles. The fraction of sp³-hybridized carbons (Fsp3) is 0.565. The Hall–Kier alpha value is -1.76. The Morgan fingerprint density at radius 1 is 1.14 bits per heavy atom. The Balaban J connectivity index is 1.19. The topological polar surface area (TPSA) is 48.5 Å². The second-order valence-corrected chi connectivity index (χ2v) is 9.27. The summed E-state index contributed by atoms with van der Waals surface area (Å²) < 4.78 is 0. The smallest absolute Gasteiger partial charge is 0.224 e. The van der Waals surface area contributed by atoms with Gasteiger partial charge in [0.25, 0.3) is 0 Å². The van der Waals surface area contributed by atoms with Crippen molar-refractivity contribution in [3.63, 3.8) is 0 Å². The van der Waals surface area contributed by atoms with Crippen LogP contribution in [0.4, 0.5) is 0 Å². The number of rotatable bonds is 7. The number of likely N-dealkylation sites (tertiary alicyclic amines) is 2. The monoisotopic (exact) mass is 412 g/mol. The van der Waals surface area contributed by atoms with Crippen molar-refractivity contribution < 1.29 is 4.79 Å². The van der Waals surface area contributed by atoms with E-state index < -0.39 is 0 Å². The molecule has 1 aromatic heterocycles. The van der Waals surface area contributed by atoms with Crippen molar-refractivity contribution in [2.24, 2.45) is 5.92 Å². The first kappa shape index (κ1) is 20.5. The quantitative estimate of drug-likeness (QED) is 0.759. The van der Waals surface area contributed by atoms with E-state index in [1.807, 2.05) is 12.3 Å². The third-order valence-corrected chi connectivity index (χ3v) is 7.06. The highest BCUT2D eigenvalue weighted by Crippen LogP contribution is 2.25. The van der Waals surface area contributed by atoms with Gasteiger partial charge in [-0.1, -0.05) is 30.3 Å². The van der Waals surface area contributed by atoms with E-state index >= 15 is 0 Å². The van der Waals surface area contributed by atoms with Crippen LogP contribution in [0.25, 0.3) is 0 Å². The first-order chi connectivity index (χ1) is 14.3. The zero-order chi connectivity index (χ0) is 19.9. The minimum Gasteiger partial charge on any atom is -0.355 e. The van der Waals surface area contributed by atoms with E-state index in [1.165, 1.54) is 23.4 Å². The molecule has 0 spiro atoms. The Morgan fingerprint density at radius 2 is 1.97 bits per heavy atom. The van der Waals surface area contributed by atoms with Crippen LogP contribution in [-0.2, 0) is 17.8 Å². The van der Waals surface area contributed by atoms with Crippen LogP contribution < -0.4 is 5.32 Å². The van der Waals surface area contributed by atoms with Crippen LogP contribution in [0.3, 0.4) is 0 Å². The van der Waals surface area contributed by atoms with Crippen molar-refractivity contribution in [3.05, 3.63) is 52.5 Å². The summed E-state index contributed by atoms with van der Waals surface area (Å²) in [6.45, 7) is 6.05. The molecule has 4 rings (SSSR count). The molecule has 0 bridgehead atoms. The minimum absolute atomic E-state index is 0.146. The van der Waals surface area contributed by atoms with Gasteiger partial charge in [0.05, 0.1) is 12.5 Å². The van der Waals surface area contributed by atoms with Crippen LogP contribution >= 0.6 is 11.3 Å². The van der Waals surface area contributed by atoms with Crippen LogP contribution in [0.15, 0.2) is 41.9 Å². The average molecular weight is 413 g/mol. The minimum atomic E-state index is 0.146. The molecule has 0 saturated carbocycles. The standard InChI is InChI=1S/C23H32N4OS/c28-23(25-11-8-19-5-2-1-3-6-19)20-7-4-13-27(17-20)21-9-14-26(15-10-21)18-22-24-12-16-29-22/h1-3,5-6,12,16,20-21H,4,7-11,13-15,17-18H2,(H,25,28). The van der Waals surface area contributed by atoms with Crippen LogP contribution in [0.1, 0.15) is 36.3 Å². The van der Waals surface area contributed by atoms with Gasteiger partial charge in [-0.3, -0.25) is 14.6 Å². The van der Waals surface area contributed by atoms with Gasteiger partial charge in [0, 0.05) is 43.8 Å². The number of carbonyl (C=O) groups is 1. The maximum atomic E-state index is 12.7. The molecule has 156 valence electrons. The van der Waals surface area contributed by atoms with Gasteiger partial charge < -0.3 is 5.32 Å². The molecule has 0 radical (unpaired) electrons. The summed E-state index contributed by atoms with van der Waals surface area (Å²) >= 11 is 1.75. The fourth-order valence-electron chi connectivity index (χ4n) is 4.64. The Kier molecular flexibility index (Phi) is 7.30. The van der Waals surface area contributed by atoms with Gasteiger partial charge in [-0.2, -0.15) is 0 Å². The van der Waals surface area contributed by atoms with Gasteiger partial charge >= 0.3 is 0 Å². The molecule has 2 saturated heterocycles. The largest absolute Gasteiger partial charge is 0.355 e. The molecule has 2 aromatic rings. The van der Waals surface area contributed by atoms with Gasteiger partial charge in [0.2, 0.25) is 5.91 Å². The Bertz CT molecular complexity index is 744. The van der Waals surface area contributed by atoms with Gasteiger partial charge in [-0.15, -0.1) is 11.3 Å². The third-order valence-electron chi connectivity index (χ3n) is 6.30. The highest BCUT2D eigenvalue weighted by atomic mass is 32.1. The number of hydrogen-bond acceptors (Lipinski definition) is 5. The van der Waals surface area contributed by atoms with E-state index in [0.29, 0.717) is 6.04 Å². The van der Waals surface area contributed by atoms with Gasteiger partial charge in [0.1, 0.15) is 5.01 Å². The van der Waals surface area contributed by atoms with E-state index in [9.17, 15) is 4.79 Å². The highest BCUT2D eigenvalue weighted by Gasteiger charge is 2.31. The summed E-state index contributed by atoms with van der Waals surface area (Å²) in [5.74, 6) is 0.389. The molecule has 1 atom stereocenters. The van der Waals surface area contributed by atoms with Crippen molar-refractivity contribution in [1.82, 2.24) is 20.1 Å². The van der Waals surface area contributed by atoms with E-state index in [4.69, 9.17) is 0 Å². The van der Waals surface area contributed by atoms with Crippen LogP contribution in [0.2, 0.25) is 0 Å². The molecule has 2 fully saturated rings. The van der Waals surface area contributed by atoms with Gasteiger partial charge in [-0.25, -0.2) is 4.98 Å². The maximum absolute atomic E-state index is 12.7. The van der Waals surface area contributed by atoms with Crippen LogP contribution in [0.5, 0.6) is 0 Å². The molecule has 2 aliphatic rings. The van der Waals surface area contributed by atoms with Crippen LogP contribution in [-0.4, -0.2) is 59.5 Å². The number of benzene rings is 1. The summed E-state index contributed by atoms with van der Waals surface area (Å²) in [4.78, 5) is 22.2. The number of hydrogen-bond donors (Lipinski definition) is 1. The first-order valence-electron chi connectivity index (χ1n) is 10.9. The Morgan fingerprint density at radius 3 is 2.72 bits per heavy atom. The SMILES string of the molecule is O=C(NCCc1ccccc1)C1CCCN(C2CCN(Cc3nccs3)CC2)C1. The third kappa shape index (κ3) is 5.87. The second kappa shape index (κ2) is 10.3. The number of aromatic nitrogens is 1. The zero-order valence-corrected chi connectivity index (χ0v) is 17.9. The van der Waals surface area contributed by atoms with Crippen molar-refractivity contribution in [2.75, 3.05) is 32.7 Å². The predicted molar refractivity (Wildman–Crippen MR) is 118 cm³/mol. The number of piperidine rings is 2. The van der Waals surface area contributed by atoms with Crippen molar-refractivity contribution in [3.8, 4) is 0 Å². The summed E-state index contributed by atoms with van der Waals surface area (Å²) in [5.41, 5.74) is 1.28. The lowest BCUT2D eigenvalue weighted by molar-refractivity contribution is -0.127. The number of carbonyl (C=O) groups excluding carboxylic acids is 1. The lowest BCUT2D eigenvalue weighted by atomic mass is 9.93. The fourth-order valence-corrected chi connectivity index (χ4v) is 5.29. The lowest BCUT2D eigenvalue weighted by Gasteiger charge is -2.41. The first-order valence-corrected chi connectivity index (χ1v) is 11.8. The lowest BCUT2D eigenvalue weighted by Crippen LogP contribution is -2.50. The molecule has 2 aliphatic heterocycles. The number of amides is 1. The molecule has 3 heterocycles. The van der Waals surface area contributed by atoms with Crippen LogP contribution in [0, 0.1) is 5.92 Å². The second-order valence-electron chi connectivity index (χ2n) is 8.29. The van der Waals surface area contributed by atoms with E-state index in [2.05, 4.69) is 49.7 Å².